The number of aromatic nitrogens is 1. The van der Waals surface area contributed by atoms with Crippen molar-refractivity contribution < 1.29 is 13.9 Å². The summed E-state index contributed by atoms with van der Waals surface area (Å²) in [4.78, 5) is 8.50. The van der Waals surface area contributed by atoms with Crippen LogP contribution in [0.5, 0.6) is 17.2 Å². The van der Waals surface area contributed by atoms with Crippen molar-refractivity contribution >= 4 is 5.96 Å². The number of halogens is 1. The predicted octanol–water partition coefficient (Wildman–Crippen LogP) is 4.28. The van der Waals surface area contributed by atoms with Gasteiger partial charge in [-0.05, 0) is 42.8 Å². The summed E-state index contributed by atoms with van der Waals surface area (Å²) in [5.41, 5.74) is 1.76. The Kier molecular flexibility index (Phi) is 7.60. The number of benzene rings is 2. The van der Waals surface area contributed by atoms with Crippen molar-refractivity contribution in [3.8, 4) is 17.2 Å². The molecule has 3 rings (SSSR count). The minimum atomic E-state index is -0.446. The van der Waals surface area contributed by atoms with Gasteiger partial charge in [0.15, 0.2) is 17.5 Å². The second-order valence-electron chi connectivity index (χ2n) is 6.42. The Labute approximate surface area is 175 Å². The number of methoxy groups -OCH3 is 1. The molecule has 2 aromatic carbocycles. The van der Waals surface area contributed by atoms with E-state index < -0.39 is 5.82 Å². The molecular formula is C23H25FN4O2. The quantitative estimate of drug-likeness (QED) is 0.430. The number of ether oxygens (including phenoxy) is 2. The summed E-state index contributed by atoms with van der Waals surface area (Å²) in [6, 6.07) is 16.1. The molecule has 0 unspecified atom stereocenters. The lowest BCUT2D eigenvalue weighted by Gasteiger charge is -2.13. The molecule has 0 spiro atoms. The van der Waals surface area contributed by atoms with Crippen LogP contribution in [0.3, 0.4) is 0 Å². The maximum absolute atomic E-state index is 14.4. The number of nitrogens with one attached hydrogen (secondary N) is 2. The zero-order valence-electron chi connectivity index (χ0n) is 17.1. The fourth-order valence-electron chi connectivity index (χ4n) is 2.80. The number of hydrogen-bond donors (Lipinski definition) is 2. The molecule has 0 saturated carbocycles. The van der Waals surface area contributed by atoms with Crippen molar-refractivity contribution in [2.45, 2.75) is 20.0 Å². The molecule has 0 fully saturated rings. The Morgan fingerprint density at radius 1 is 1.07 bits per heavy atom. The summed E-state index contributed by atoms with van der Waals surface area (Å²) >= 11 is 0. The molecule has 3 aromatic rings. The molecule has 30 heavy (non-hydrogen) atoms. The Morgan fingerprint density at radius 2 is 1.93 bits per heavy atom. The lowest BCUT2D eigenvalue weighted by molar-refractivity contribution is 0.409. The summed E-state index contributed by atoms with van der Waals surface area (Å²) in [5.74, 6) is 1.64. The van der Waals surface area contributed by atoms with E-state index in [9.17, 15) is 4.39 Å². The summed E-state index contributed by atoms with van der Waals surface area (Å²) in [5, 5.41) is 6.47. The van der Waals surface area contributed by atoms with Crippen LogP contribution in [0, 0.1) is 5.82 Å². The molecule has 1 aromatic heterocycles. The molecule has 0 amide bonds. The monoisotopic (exact) mass is 408 g/mol. The van der Waals surface area contributed by atoms with Crippen LogP contribution in [0.4, 0.5) is 4.39 Å². The second-order valence-corrected chi connectivity index (χ2v) is 6.42. The van der Waals surface area contributed by atoms with Crippen LogP contribution in [0.2, 0.25) is 0 Å². The Bertz CT molecular complexity index is 980. The molecule has 7 heteroatoms. The average Bonchev–Trinajstić information content (AvgIpc) is 2.78. The van der Waals surface area contributed by atoms with E-state index in [-0.39, 0.29) is 5.75 Å². The number of rotatable bonds is 8. The number of guanidine groups is 1. The maximum Gasteiger partial charge on any atom is 0.191 e. The molecule has 6 nitrogen and oxygen atoms in total. The number of aliphatic imine (C=N–C) groups is 1. The first kappa shape index (κ1) is 21.1. The Morgan fingerprint density at radius 3 is 2.67 bits per heavy atom. The number of hydrogen-bond acceptors (Lipinski definition) is 4. The largest absolute Gasteiger partial charge is 0.496 e. The summed E-state index contributed by atoms with van der Waals surface area (Å²) in [7, 11) is 1.65. The lowest BCUT2D eigenvalue weighted by atomic mass is 10.2. The summed E-state index contributed by atoms with van der Waals surface area (Å²) in [6.07, 6.45) is 3.17. The first-order chi connectivity index (χ1) is 14.7. The molecule has 0 aliphatic carbocycles. The van der Waals surface area contributed by atoms with Crippen molar-refractivity contribution in [1.29, 1.82) is 0 Å². The molecule has 0 aliphatic rings. The molecule has 0 radical (unpaired) electrons. The third-order valence-electron chi connectivity index (χ3n) is 4.26. The Hall–Kier alpha value is -3.61. The van der Waals surface area contributed by atoms with E-state index in [4.69, 9.17) is 9.47 Å². The topological polar surface area (TPSA) is 67.8 Å². The first-order valence-corrected chi connectivity index (χ1v) is 9.70. The highest BCUT2D eigenvalue weighted by molar-refractivity contribution is 5.79. The van der Waals surface area contributed by atoms with Gasteiger partial charge in [-0.3, -0.25) is 4.98 Å². The van der Waals surface area contributed by atoms with Gasteiger partial charge in [0.05, 0.1) is 19.9 Å². The minimum Gasteiger partial charge on any atom is -0.496 e. The lowest BCUT2D eigenvalue weighted by Crippen LogP contribution is -2.36. The fraction of sp³-hybridized carbons (Fsp3) is 0.217. The normalized spacial score (nSPS) is 11.1. The van der Waals surface area contributed by atoms with Crippen LogP contribution >= 0.6 is 0 Å². The fourth-order valence-corrected chi connectivity index (χ4v) is 2.80. The zero-order valence-corrected chi connectivity index (χ0v) is 17.1. The van der Waals surface area contributed by atoms with Crippen molar-refractivity contribution in [1.82, 2.24) is 15.6 Å². The average molecular weight is 408 g/mol. The number of para-hydroxylation sites is 1. The highest BCUT2D eigenvalue weighted by Gasteiger charge is 2.07. The summed E-state index contributed by atoms with van der Waals surface area (Å²) < 4.78 is 25.3. The van der Waals surface area contributed by atoms with Crippen molar-refractivity contribution in [2.75, 3.05) is 13.7 Å². The van der Waals surface area contributed by atoms with Gasteiger partial charge in [0, 0.05) is 24.8 Å². The van der Waals surface area contributed by atoms with Crippen LogP contribution in [0.25, 0.3) is 0 Å². The van der Waals surface area contributed by atoms with Crippen LogP contribution in [-0.2, 0) is 13.1 Å². The predicted molar refractivity (Wildman–Crippen MR) is 115 cm³/mol. The molecule has 0 bridgehead atoms. The third kappa shape index (κ3) is 5.94. The van der Waals surface area contributed by atoms with Gasteiger partial charge in [0.2, 0.25) is 0 Å². The van der Waals surface area contributed by atoms with Crippen LogP contribution in [0.1, 0.15) is 18.1 Å². The van der Waals surface area contributed by atoms with Gasteiger partial charge in [-0.2, -0.15) is 0 Å². The van der Waals surface area contributed by atoms with Crippen molar-refractivity contribution in [3.05, 3.63) is 83.9 Å². The van der Waals surface area contributed by atoms with E-state index in [2.05, 4.69) is 20.6 Å². The van der Waals surface area contributed by atoms with E-state index in [1.165, 1.54) is 12.3 Å². The van der Waals surface area contributed by atoms with Crippen LogP contribution in [0.15, 0.2) is 72.0 Å². The number of pyridine rings is 1. The Balaban J connectivity index is 1.64. The van der Waals surface area contributed by atoms with E-state index >= 15 is 0 Å². The van der Waals surface area contributed by atoms with Crippen molar-refractivity contribution in [2.24, 2.45) is 4.99 Å². The van der Waals surface area contributed by atoms with E-state index in [0.29, 0.717) is 31.3 Å². The van der Waals surface area contributed by atoms with Crippen LogP contribution in [-0.4, -0.2) is 24.6 Å². The van der Waals surface area contributed by atoms with Gasteiger partial charge in [0.1, 0.15) is 11.5 Å². The van der Waals surface area contributed by atoms with Crippen LogP contribution < -0.4 is 20.1 Å². The van der Waals surface area contributed by atoms with E-state index in [1.54, 1.807) is 37.6 Å². The van der Waals surface area contributed by atoms with E-state index in [1.807, 2.05) is 31.2 Å². The SMILES string of the molecule is CCNC(=NCc1ccc(Oc2cccnc2)c(F)c1)NCc1ccccc1OC. The maximum atomic E-state index is 14.4. The van der Waals surface area contributed by atoms with Gasteiger partial charge < -0.3 is 20.1 Å². The highest BCUT2D eigenvalue weighted by atomic mass is 19.1. The minimum absolute atomic E-state index is 0.150. The van der Waals surface area contributed by atoms with Gasteiger partial charge in [-0.15, -0.1) is 0 Å². The molecule has 156 valence electrons. The van der Waals surface area contributed by atoms with Gasteiger partial charge in [0.25, 0.3) is 0 Å². The van der Waals surface area contributed by atoms with E-state index in [0.717, 1.165) is 16.9 Å². The number of nitrogens with zero attached hydrogens (tertiary/aromatic N) is 2. The third-order valence-corrected chi connectivity index (χ3v) is 4.26. The molecular weight excluding hydrogens is 383 g/mol. The van der Waals surface area contributed by atoms with Gasteiger partial charge in [-0.25, -0.2) is 9.38 Å². The standard InChI is InChI=1S/C23H25FN4O2/c1-3-26-23(28-15-18-7-4-5-9-21(18)29-2)27-14-17-10-11-22(20(24)13-17)30-19-8-6-12-25-16-19/h4-13,16H,3,14-15H2,1-2H3,(H2,26,27,28). The van der Waals surface area contributed by atoms with Gasteiger partial charge in [-0.1, -0.05) is 24.3 Å². The smallest absolute Gasteiger partial charge is 0.191 e. The van der Waals surface area contributed by atoms with Gasteiger partial charge >= 0.3 is 0 Å². The first-order valence-electron chi connectivity index (χ1n) is 9.70. The highest BCUT2D eigenvalue weighted by Crippen LogP contribution is 2.24. The van der Waals surface area contributed by atoms with Crippen molar-refractivity contribution in [3.63, 3.8) is 0 Å². The molecule has 0 aliphatic heterocycles. The zero-order chi connectivity index (χ0) is 21.2. The second kappa shape index (κ2) is 10.8. The molecule has 1 heterocycles. The summed E-state index contributed by atoms with van der Waals surface area (Å²) in [6.45, 7) is 3.59. The molecule has 2 N–H and O–H groups in total. The molecule has 0 atom stereocenters. The molecule has 0 saturated heterocycles.